The number of amides is 2. The Labute approximate surface area is 124 Å². The van der Waals surface area contributed by atoms with Gasteiger partial charge in [0.15, 0.2) is 0 Å². The van der Waals surface area contributed by atoms with Gasteiger partial charge in [0.25, 0.3) is 0 Å². The summed E-state index contributed by atoms with van der Waals surface area (Å²) in [5.74, 6) is -1.35. The molecule has 0 spiro atoms. The molecule has 20 heavy (non-hydrogen) atoms. The first-order chi connectivity index (χ1) is 9.58. The predicted octanol–water partition coefficient (Wildman–Crippen LogP) is 2.44. The summed E-state index contributed by atoms with van der Waals surface area (Å²) in [4.78, 5) is 26.2. The molecule has 102 valence electrons. The maximum atomic E-state index is 12.5. The van der Waals surface area contributed by atoms with E-state index in [2.05, 4.69) is 0 Å². The van der Waals surface area contributed by atoms with Crippen LogP contribution in [0.25, 0.3) is 0 Å². The number of benzene rings is 1. The van der Waals surface area contributed by atoms with Gasteiger partial charge in [0.1, 0.15) is 0 Å². The van der Waals surface area contributed by atoms with Gasteiger partial charge in [-0.05, 0) is 18.2 Å². The molecule has 2 saturated heterocycles. The zero-order valence-corrected chi connectivity index (χ0v) is 11.6. The lowest BCUT2D eigenvalue weighted by Crippen LogP contribution is -2.34. The highest BCUT2D eigenvalue weighted by atomic mass is 35.5. The maximum absolute atomic E-state index is 12.5. The Hall–Kier alpha value is -1.36. The molecule has 0 unspecified atom stereocenters. The second-order valence-electron chi connectivity index (χ2n) is 5.11. The third-order valence-corrected chi connectivity index (χ3v) is 4.60. The Morgan fingerprint density at radius 2 is 1.60 bits per heavy atom. The average molecular weight is 310 g/mol. The highest BCUT2D eigenvalue weighted by Crippen LogP contribution is 2.47. The van der Waals surface area contributed by atoms with E-state index in [1.165, 1.54) is 11.0 Å². The summed E-state index contributed by atoms with van der Waals surface area (Å²) in [5, 5.41) is 0.753. The summed E-state index contributed by atoms with van der Waals surface area (Å²) in [7, 11) is 0. The van der Waals surface area contributed by atoms with Crippen molar-refractivity contribution in [2.24, 2.45) is 11.8 Å². The van der Waals surface area contributed by atoms with Crippen molar-refractivity contribution in [2.45, 2.75) is 12.2 Å². The summed E-state index contributed by atoms with van der Waals surface area (Å²) in [5.41, 5.74) is 0.389. The SMILES string of the molecule is O=C1[C@@H]2[C@H](C(=O)N1c1ccc(Cl)cc1Cl)[C@@H]1C=C[C@@H]2O1. The molecule has 4 rings (SSSR count). The fourth-order valence-electron chi connectivity index (χ4n) is 3.20. The van der Waals surface area contributed by atoms with Gasteiger partial charge in [-0.3, -0.25) is 9.59 Å². The van der Waals surface area contributed by atoms with Crippen LogP contribution in [-0.2, 0) is 14.3 Å². The molecule has 0 N–H and O–H groups in total. The molecule has 4 nitrogen and oxygen atoms in total. The van der Waals surface area contributed by atoms with Gasteiger partial charge in [-0.1, -0.05) is 35.4 Å². The second-order valence-corrected chi connectivity index (χ2v) is 5.95. The number of halogens is 2. The maximum Gasteiger partial charge on any atom is 0.240 e. The average Bonchev–Trinajstić information content (AvgIpc) is 3.06. The lowest BCUT2D eigenvalue weighted by Gasteiger charge is -2.18. The van der Waals surface area contributed by atoms with Crippen LogP contribution in [0.15, 0.2) is 30.4 Å². The van der Waals surface area contributed by atoms with E-state index in [9.17, 15) is 9.59 Å². The Morgan fingerprint density at radius 3 is 2.15 bits per heavy atom. The quantitative estimate of drug-likeness (QED) is 0.591. The lowest BCUT2D eigenvalue weighted by atomic mass is 9.85. The van der Waals surface area contributed by atoms with Crippen LogP contribution in [0, 0.1) is 11.8 Å². The van der Waals surface area contributed by atoms with Gasteiger partial charge in [0, 0.05) is 5.02 Å². The highest BCUT2D eigenvalue weighted by molar-refractivity contribution is 6.38. The molecule has 0 aliphatic carbocycles. The number of hydrogen-bond acceptors (Lipinski definition) is 3. The number of fused-ring (bicyclic) bond motifs is 5. The molecule has 3 heterocycles. The van der Waals surface area contributed by atoms with E-state index in [1.54, 1.807) is 12.1 Å². The molecule has 2 fully saturated rings. The first kappa shape index (κ1) is 12.4. The van der Waals surface area contributed by atoms with Crippen molar-refractivity contribution in [3.63, 3.8) is 0 Å². The van der Waals surface area contributed by atoms with Gasteiger partial charge >= 0.3 is 0 Å². The van der Waals surface area contributed by atoms with E-state index in [4.69, 9.17) is 27.9 Å². The molecular formula is C14H9Cl2NO3. The van der Waals surface area contributed by atoms with Crippen molar-refractivity contribution in [3.8, 4) is 0 Å². The van der Waals surface area contributed by atoms with Crippen molar-refractivity contribution in [1.82, 2.24) is 0 Å². The smallest absolute Gasteiger partial charge is 0.240 e. The molecule has 1 aromatic carbocycles. The number of ether oxygens (including phenoxy) is 1. The van der Waals surface area contributed by atoms with Gasteiger partial charge < -0.3 is 4.74 Å². The van der Waals surface area contributed by atoms with Crippen molar-refractivity contribution in [3.05, 3.63) is 40.4 Å². The third kappa shape index (κ3) is 1.47. The Kier molecular flexibility index (Phi) is 2.52. The number of rotatable bonds is 1. The number of anilines is 1. The van der Waals surface area contributed by atoms with Crippen molar-refractivity contribution in [1.29, 1.82) is 0 Å². The van der Waals surface area contributed by atoms with Gasteiger partial charge in [-0.25, -0.2) is 4.90 Å². The van der Waals surface area contributed by atoms with Crippen LogP contribution in [0.1, 0.15) is 0 Å². The summed E-state index contributed by atoms with van der Waals surface area (Å²) >= 11 is 12.0. The summed E-state index contributed by atoms with van der Waals surface area (Å²) in [6.45, 7) is 0. The van der Waals surface area contributed by atoms with Gasteiger partial charge in [-0.2, -0.15) is 0 Å². The van der Waals surface area contributed by atoms with Crippen molar-refractivity contribution >= 4 is 40.7 Å². The molecule has 0 radical (unpaired) electrons. The standard InChI is InChI=1S/C14H9Cl2NO3/c15-6-1-2-8(7(16)5-6)17-13(18)11-9-3-4-10(20-9)12(11)14(17)19/h1-5,9-12H/t9-,10-,11-,12+/m0/s1. The van der Waals surface area contributed by atoms with Gasteiger partial charge in [0.2, 0.25) is 11.8 Å². The largest absolute Gasteiger partial charge is 0.365 e. The number of imide groups is 1. The monoisotopic (exact) mass is 309 g/mol. The van der Waals surface area contributed by atoms with Crippen LogP contribution >= 0.6 is 23.2 Å². The van der Waals surface area contributed by atoms with E-state index in [1.807, 2.05) is 12.2 Å². The molecule has 6 heteroatoms. The van der Waals surface area contributed by atoms with E-state index in [-0.39, 0.29) is 24.0 Å². The van der Waals surface area contributed by atoms with Crippen molar-refractivity contribution < 1.29 is 14.3 Å². The van der Waals surface area contributed by atoms with Crippen LogP contribution in [0.5, 0.6) is 0 Å². The summed E-state index contributed by atoms with van der Waals surface area (Å²) in [6, 6.07) is 4.73. The molecule has 0 aromatic heterocycles. The van der Waals surface area contributed by atoms with Crippen LogP contribution in [-0.4, -0.2) is 24.0 Å². The van der Waals surface area contributed by atoms with Crippen LogP contribution in [0.3, 0.4) is 0 Å². The number of carbonyl (C=O) groups is 2. The Morgan fingerprint density at radius 1 is 1.00 bits per heavy atom. The number of nitrogens with zero attached hydrogens (tertiary/aromatic N) is 1. The second kappa shape index (κ2) is 4.07. The zero-order chi connectivity index (χ0) is 14.0. The first-order valence-electron chi connectivity index (χ1n) is 6.24. The van der Waals surface area contributed by atoms with E-state index < -0.39 is 11.8 Å². The Bertz CT molecular complexity index is 642. The fourth-order valence-corrected chi connectivity index (χ4v) is 3.70. The van der Waals surface area contributed by atoms with Crippen LogP contribution in [0.4, 0.5) is 5.69 Å². The molecule has 2 bridgehead atoms. The number of hydrogen-bond donors (Lipinski definition) is 0. The van der Waals surface area contributed by atoms with Crippen LogP contribution in [0.2, 0.25) is 10.0 Å². The molecule has 3 aliphatic heterocycles. The van der Waals surface area contributed by atoms with E-state index >= 15 is 0 Å². The molecule has 4 atom stereocenters. The van der Waals surface area contributed by atoms with Gasteiger partial charge in [-0.15, -0.1) is 0 Å². The zero-order valence-electron chi connectivity index (χ0n) is 10.1. The minimum absolute atomic E-state index is 0.249. The fraction of sp³-hybridized carbons (Fsp3) is 0.286. The molecule has 2 amide bonds. The minimum atomic E-state index is -0.427. The van der Waals surface area contributed by atoms with Gasteiger partial charge in [0.05, 0.1) is 34.8 Å². The molecule has 0 saturated carbocycles. The lowest BCUT2D eigenvalue weighted by molar-refractivity contribution is -0.124. The third-order valence-electron chi connectivity index (χ3n) is 4.06. The summed E-state index contributed by atoms with van der Waals surface area (Å²) < 4.78 is 5.58. The normalized spacial score (nSPS) is 34.2. The molecule has 3 aliphatic rings. The first-order valence-corrected chi connectivity index (χ1v) is 7.00. The summed E-state index contributed by atoms with van der Waals surface area (Å²) in [6.07, 6.45) is 3.11. The molecule has 1 aromatic rings. The van der Waals surface area contributed by atoms with E-state index in [0.29, 0.717) is 15.7 Å². The van der Waals surface area contributed by atoms with E-state index in [0.717, 1.165) is 0 Å². The number of carbonyl (C=O) groups excluding carboxylic acids is 2. The predicted molar refractivity (Wildman–Crippen MR) is 73.7 cm³/mol. The minimum Gasteiger partial charge on any atom is -0.365 e. The Balaban J connectivity index is 1.78. The van der Waals surface area contributed by atoms with Crippen LogP contribution < -0.4 is 4.90 Å². The highest BCUT2D eigenvalue weighted by Gasteiger charge is 2.61. The molecular weight excluding hydrogens is 301 g/mol. The van der Waals surface area contributed by atoms with Crippen molar-refractivity contribution in [2.75, 3.05) is 4.90 Å². The topological polar surface area (TPSA) is 46.6 Å².